The average molecular weight is 218 g/mol. The average Bonchev–Trinajstić information content (AvgIpc) is 2.22. The zero-order chi connectivity index (χ0) is 11.4. The molecule has 3 nitrogen and oxygen atoms in total. The molecule has 0 saturated carbocycles. The molecule has 0 aromatic carbocycles. The van der Waals surface area contributed by atoms with Gasteiger partial charge in [-0.25, -0.2) is 4.89 Å². The Kier molecular flexibility index (Phi) is 11.9. The van der Waals surface area contributed by atoms with Crippen LogP contribution in [0.4, 0.5) is 0 Å². The standard InChI is InChI=1S/C12H26O3/c1-2-3-4-5-6-7-8-9-10-12(13)11-15-14/h12-14H,2-11H2,1H3. The summed E-state index contributed by atoms with van der Waals surface area (Å²) >= 11 is 0. The van der Waals surface area contributed by atoms with Gasteiger partial charge in [0.05, 0.1) is 6.10 Å². The summed E-state index contributed by atoms with van der Waals surface area (Å²) in [7, 11) is 0. The first-order valence-electron chi connectivity index (χ1n) is 6.25. The van der Waals surface area contributed by atoms with E-state index in [1.807, 2.05) is 0 Å². The van der Waals surface area contributed by atoms with Crippen LogP contribution in [0.25, 0.3) is 0 Å². The molecule has 0 aliphatic heterocycles. The fourth-order valence-corrected chi connectivity index (χ4v) is 1.68. The largest absolute Gasteiger partial charge is 0.391 e. The Labute approximate surface area is 93.4 Å². The van der Waals surface area contributed by atoms with Gasteiger partial charge >= 0.3 is 0 Å². The zero-order valence-electron chi connectivity index (χ0n) is 9.95. The molecule has 0 aliphatic carbocycles. The van der Waals surface area contributed by atoms with Crippen LogP contribution < -0.4 is 0 Å². The molecule has 2 N–H and O–H groups in total. The van der Waals surface area contributed by atoms with Gasteiger partial charge in [0.1, 0.15) is 6.61 Å². The molecule has 0 fully saturated rings. The molecule has 0 heterocycles. The molecular weight excluding hydrogens is 192 g/mol. The molecule has 3 heteroatoms. The highest BCUT2D eigenvalue weighted by atomic mass is 17.1. The summed E-state index contributed by atoms with van der Waals surface area (Å²) in [6, 6.07) is 0. The second-order valence-electron chi connectivity index (χ2n) is 4.21. The minimum absolute atomic E-state index is 0.0382. The molecule has 0 aromatic heterocycles. The van der Waals surface area contributed by atoms with Crippen LogP contribution in [0.1, 0.15) is 64.7 Å². The highest BCUT2D eigenvalue weighted by Crippen LogP contribution is 2.10. The lowest BCUT2D eigenvalue weighted by molar-refractivity contribution is -0.257. The predicted molar refractivity (Wildman–Crippen MR) is 61.8 cm³/mol. The molecule has 1 unspecified atom stereocenters. The Bertz CT molecular complexity index is 117. The lowest BCUT2D eigenvalue weighted by Gasteiger charge is -2.07. The van der Waals surface area contributed by atoms with Gasteiger partial charge in [-0.3, -0.25) is 5.26 Å². The van der Waals surface area contributed by atoms with E-state index in [4.69, 9.17) is 5.26 Å². The first kappa shape index (κ1) is 14.9. The van der Waals surface area contributed by atoms with Crippen molar-refractivity contribution in [3.8, 4) is 0 Å². The molecular formula is C12H26O3. The van der Waals surface area contributed by atoms with E-state index < -0.39 is 6.10 Å². The van der Waals surface area contributed by atoms with Crippen molar-refractivity contribution in [2.45, 2.75) is 70.8 Å². The van der Waals surface area contributed by atoms with Crippen LogP contribution in [0.3, 0.4) is 0 Å². The minimum Gasteiger partial charge on any atom is -0.391 e. The summed E-state index contributed by atoms with van der Waals surface area (Å²) in [6.45, 7) is 2.26. The maximum Gasteiger partial charge on any atom is 0.108 e. The minimum atomic E-state index is -0.505. The quantitative estimate of drug-likeness (QED) is 0.317. The summed E-state index contributed by atoms with van der Waals surface area (Å²) in [4.78, 5) is 3.88. The molecule has 0 aromatic rings. The first-order valence-corrected chi connectivity index (χ1v) is 6.25. The predicted octanol–water partition coefficient (Wildman–Crippen LogP) is 3.37. The van der Waals surface area contributed by atoms with Crippen LogP contribution in [0.15, 0.2) is 0 Å². The maximum atomic E-state index is 9.24. The van der Waals surface area contributed by atoms with Gasteiger partial charge in [0.2, 0.25) is 0 Å². The summed E-state index contributed by atoms with van der Waals surface area (Å²) in [6.07, 6.45) is 10.4. The Morgan fingerprint density at radius 3 is 2.00 bits per heavy atom. The van der Waals surface area contributed by atoms with Crippen molar-refractivity contribution in [1.82, 2.24) is 0 Å². The molecule has 0 amide bonds. The Balaban J connectivity index is 2.98. The van der Waals surface area contributed by atoms with Gasteiger partial charge in [0.15, 0.2) is 0 Å². The molecule has 0 aliphatic rings. The summed E-state index contributed by atoms with van der Waals surface area (Å²) in [5.74, 6) is 0. The number of hydrogen-bond donors (Lipinski definition) is 2. The number of aliphatic hydroxyl groups is 1. The van der Waals surface area contributed by atoms with Crippen LogP contribution in [0.2, 0.25) is 0 Å². The van der Waals surface area contributed by atoms with Gasteiger partial charge in [-0.05, 0) is 6.42 Å². The second-order valence-corrected chi connectivity index (χ2v) is 4.21. The smallest absolute Gasteiger partial charge is 0.108 e. The van der Waals surface area contributed by atoms with E-state index in [1.54, 1.807) is 0 Å². The van der Waals surface area contributed by atoms with Gasteiger partial charge in [0, 0.05) is 0 Å². The van der Waals surface area contributed by atoms with E-state index >= 15 is 0 Å². The lowest BCUT2D eigenvalue weighted by atomic mass is 10.1. The van der Waals surface area contributed by atoms with Crippen LogP contribution in [-0.2, 0) is 4.89 Å². The summed E-state index contributed by atoms with van der Waals surface area (Å²) in [5.41, 5.74) is 0. The van der Waals surface area contributed by atoms with E-state index in [0.717, 1.165) is 12.8 Å². The third-order valence-corrected chi connectivity index (χ3v) is 2.66. The van der Waals surface area contributed by atoms with Crippen molar-refractivity contribution in [3.05, 3.63) is 0 Å². The molecule has 0 radical (unpaired) electrons. The van der Waals surface area contributed by atoms with Crippen molar-refractivity contribution in [3.63, 3.8) is 0 Å². The van der Waals surface area contributed by atoms with Gasteiger partial charge in [-0.15, -0.1) is 0 Å². The summed E-state index contributed by atoms with van der Waals surface area (Å²) < 4.78 is 0. The Hall–Kier alpha value is -0.120. The molecule has 0 bridgehead atoms. The molecule has 92 valence electrons. The van der Waals surface area contributed by atoms with Crippen LogP contribution >= 0.6 is 0 Å². The molecule has 1 atom stereocenters. The highest BCUT2D eigenvalue weighted by Gasteiger charge is 2.02. The highest BCUT2D eigenvalue weighted by molar-refractivity contribution is 4.54. The monoisotopic (exact) mass is 218 g/mol. The third kappa shape index (κ3) is 11.8. The molecule has 0 rings (SSSR count). The fourth-order valence-electron chi connectivity index (χ4n) is 1.68. The van der Waals surface area contributed by atoms with E-state index in [0.29, 0.717) is 0 Å². The maximum absolute atomic E-state index is 9.24. The SMILES string of the molecule is CCCCCCCCCCC(O)COO. The third-order valence-electron chi connectivity index (χ3n) is 2.66. The Morgan fingerprint density at radius 2 is 1.47 bits per heavy atom. The van der Waals surface area contributed by atoms with Gasteiger partial charge in [-0.2, -0.15) is 0 Å². The van der Waals surface area contributed by atoms with Gasteiger partial charge < -0.3 is 5.11 Å². The summed E-state index contributed by atoms with van der Waals surface area (Å²) in [5, 5.41) is 17.3. The fraction of sp³-hybridized carbons (Fsp3) is 1.00. The molecule has 15 heavy (non-hydrogen) atoms. The second kappa shape index (κ2) is 12.0. The van der Waals surface area contributed by atoms with Crippen LogP contribution in [0.5, 0.6) is 0 Å². The number of aliphatic hydroxyl groups excluding tert-OH is 1. The van der Waals surface area contributed by atoms with E-state index in [9.17, 15) is 5.11 Å². The number of hydrogen-bond acceptors (Lipinski definition) is 3. The van der Waals surface area contributed by atoms with E-state index in [2.05, 4.69) is 11.8 Å². The zero-order valence-corrected chi connectivity index (χ0v) is 9.95. The van der Waals surface area contributed by atoms with Crippen LogP contribution in [0, 0.1) is 0 Å². The topological polar surface area (TPSA) is 49.7 Å². The van der Waals surface area contributed by atoms with Crippen LogP contribution in [-0.4, -0.2) is 23.1 Å². The molecule has 0 spiro atoms. The van der Waals surface area contributed by atoms with Gasteiger partial charge in [-0.1, -0.05) is 58.3 Å². The van der Waals surface area contributed by atoms with Gasteiger partial charge in [0.25, 0.3) is 0 Å². The van der Waals surface area contributed by atoms with Crippen molar-refractivity contribution in [2.24, 2.45) is 0 Å². The van der Waals surface area contributed by atoms with E-state index in [1.165, 1.54) is 44.9 Å². The van der Waals surface area contributed by atoms with Crippen molar-refractivity contribution in [1.29, 1.82) is 0 Å². The first-order chi connectivity index (χ1) is 7.31. The van der Waals surface area contributed by atoms with Crippen molar-refractivity contribution < 1.29 is 15.3 Å². The van der Waals surface area contributed by atoms with E-state index in [-0.39, 0.29) is 6.61 Å². The van der Waals surface area contributed by atoms with Crippen molar-refractivity contribution >= 4 is 0 Å². The molecule has 0 saturated heterocycles. The number of rotatable bonds is 11. The number of unbranched alkanes of at least 4 members (excludes halogenated alkanes) is 7. The van der Waals surface area contributed by atoms with Crippen molar-refractivity contribution in [2.75, 3.05) is 6.61 Å². The lowest BCUT2D eigenvalue weighted by Crippen LogP contribution is -2.13. The Morgan fingerprint density at radius 1 is 0.933 bits per heavy atom. The normalized spacial score (nSPS) is 13.0.